The highest BCUT2D eigenvalue weighted by atomic mass is 15.1. The Kier molecular flexibility index (Phi) is 4.97. The molecule has 1 aromatic carbocycles. The Bertz CT molecular complexity index is 320. The Morgan fingerprint density at radius 2 is 1.94 bits per heavy atom. The molecule has 0 bridgehead atoms. The third kappa shape index (κ3) is 3.95. The van der Waals surface area contributed by atoms with Gasteiger partial charge in [0.2, 0.25) is 0 Å². The van der Waals surface area contributed by atoms with E-state index in [1.807, 2.05) is 0 Å². The minimum absolute atomic E-state index is 0.419. The van der Waals surface area contributed by atoms with Crippen LogP contribution in [0.25, 0.3) is 0 Å². The van der Waals surface area contributed by atoms with E-state index in [0.717, 1.165) is 6.54 Å². The van der Waals surface area contributed by atoms with Crippen molar-refractivity contribution in [2.75, 3.05) is 20.6 Å². The van der Waals surface area contributed by atoms with Crippen LogP contribution in [0, 0.1) is 6.92 Å². The molecule has 2 heteroatoms. The van der Waals surface area contributed by atoms with Gasteiger partial charge in [0.15, 0.2) is 0 Å². The van der Waals surface area contributed by atoms with E-state index in [1.165, 1.54) is 11.1 Å². The summed E-state index contributed by atoms with van der Waals surface area (Å²) in [6, 6.07) is 9.68. The van der Waals surface area contributed by atoms with Crippen LogP contribution in [0.1, 0.15) is 31.0 Å². The molecule has 90 valence electrons. The monoisotopic (exact) mass is 220 g/mol. The van der Waals surface area contributed by atoms with E-state index in [2.05, 4.69) is 69.3 Å². The van der Waals surface area contributed by atoms with Gasteiger partial charge in [-0.2, -0.15) is 0 Å². The highest BCUT2D eigenvalue weighted by molar-refractivity contribution is 5.24. The normalized spacial score (nSPS) is 15.1. The summed E-state index contributed by atoms with van der Waals surface area (Å²) in [6.07, 6.45) is 0. The van der Waals surface area contributed by atoms with Crippen LogP contribution in [0.15, 0.2) is 24.3 Å². The number of likely N-dealkylation sites (N-methyl/N-ethyl adjacent to an activating group) is 1. The fourth-order valence-corrected chi connectivity index (χ4v) is 1.59. The molecule has 2 unspecified atom stereocenters. The zero-order chi connectivity index (χ0) is 12.1. The molecule has 0 radical (unpaired) electrons. The first-order valence-corrected chi connectivity index (χ1v) is 5.97. The van der Waals surface area contributed by atoms with E-state index in [4.69, 9.17) is 0 Å². The lowest BCUT2D eigenvalue weighted by atomic mass is 10.1. The standard InChI is InChI=1S/C14H24N2/c1-11-7-6-8-14(9-11)13(3)15-10-12(2)16(4)5/h6-9,12-13,15H,10H2,1-5H3. The van der Waals surface area contributed by atoms with E-state index in [0.29, 0.717) is 12.1 Å². The molecular formula is C14H24N2. The second kappa shape index (κ2) is 6.02. The number of rotatable bonds is 5. The Morgan fingerprint density at radius 3 is 2.50 bits per heavy atom. The van der Waals surface area contributed by atoms with Gasteiger partial charge >= 0.3 is 0 Å². The van der Waals surface area contributed by atoms with Gasteiger partial charge in [0, 0.05) is 18.6 Å². The second-order valence-corrected chi connectivity index (χ2v) is 4.86. The summed E-state index contributed by atoms with van der Waals surface area (Å²) in [7, 11) is 4.23. The summed E-state index contributed by atoms with van der Waals surface area (Å²) in [5.74, 6) is 0. The van der Waals surface area contributed by atoms with Crippen LogP contribution in [-0.2, 0) is 0 Å². The quantitative estimate of drug-likeness (QED) is 0.820. The first kappa shape index (κ1) is 13.2. The van der Waals surface area contributed by atoms with Crippen LogP contribution >= 0.6 is 0 Å². The summed E-state index contributed by atoms with van der Waals surface area (Å²) in [4.78, 5) is 2.23. The maximum absolute atomic E-state index is 3.57. The summed E-state index contributed by atoms with van der Waals surface area (Å²) < 4.78 is 0. The number of hydrogen-bond donors (Lipinski definition) is 1. The van der Waals surface area contributed by atoms with Crippen LogP contribution in [0.4, 0.5) is 0 Å². The van der Waals surface area contributed by atoms with Crippen LogP contribution in [0.2, 0.25) is 0 Å². The Hall–Kier alpha value is -0.860. The third-order valence-electron chi connectivity index (χ3n) is 3.14. The van der Waals surface area contributed by atoms with Crippen LogP contribution in [-0.4, -0.2) is 31.6 Å². The first-order valence-electron chi connectivity index (χ1n) is 5.97. The Morgan fingerprint density at radius 1 is 1.25 bits per heavy atom. The van der Waals surface area contributed by atoms with Gasteiger partial charge in [0.05, 0.1) is 0 Å². The minimum Gasteiger partial charge on any atom is -0.309 e. The molecule has 1 N–H and O–H groups in total. The largest absolute Gasteiger partial charge is 0.309 e. The van der Waals surface area contributed by atoms with Crippen molar-refractivity contribution in [1.29, 1.82) is 0 Å². The van der Waals surface area contributed by atoms with Crippen LogP contribution in [0.5, 0.6) is 0 Å². The summed E-state index contributed by atoms with van der Waals surface area (Å²) in [5.41, 5.74) is 2.69. The molecule has 0 aliphatic carbocycles. The van der Waals surface area contributed by atoms with Gasteiger partial charge in [-0.15, -0.1) is 0 Å². The van der Waals surface area contributed by atoms with Crippen molar-refractivity contribution < 1.29 is 0 Å². The topological polar surface area (TPSA) is 15.3 Å². The lowest BCUT2D eigenvalue weighted by Gasteiger charge is -2.23. The molecule has 0 aliphatic heterocycles. The molecule has 0 aliphatic rings. The predicted octanol–water partition coefficient (Wildman–Crippen LogP) is 2.60. The molecule has 0 heterocycles. The smallest absolute Gasteiger partial charge is 0.0292 e. The maximum Gasteiger partial charge on any atom is 0.0292 e. The van der Waals surface area contributed by atoms with E-state index in [9.17, 15) is 0 Å². The van der Waals surface area contributed by atoms with Crippen molar-refractivity contribution in [2.45, 2.75) is 32.9 Å². The molecule has 2 nitrogen and oxygen atoms in total. The summed E-state index contributed by atoms with van der Waals surface area (Å²) >= 11 is 0. The molecule has 0 amide bonds. The number of hydrogen-bond acceptors (Lipinski definition) is 2. The van der Waals surface area contributed by atoms with Crippen molar-refractivity contribution in [3.05, 3.63) is 35.4 Å². The van der Waals surface area contributed by atoms with Crippen molar-refractivity contribution in [3.63, 3.8) is 0 Å². The number of nitrogens with one attached hydrogen (secondary N) is 1. The average molecular weight is 220 g/mol. The zero-order valence-corrected chi connectivity index (χ0v) is 11.1. The molecule has 0 fully saturated rings. The SMILES string of the molecule is Cc1cccc(C(C)NCC(C)N(C)C)c1. The van der Waals surface area contributed by atoms with Crippen LogP contribution in [0.3, 0.4) is 0 Å². The number of aryl methyl sites for hydroxylation is 1. The highest BCUT2D eigenvalue weighted by Crippen LogP contribution is 2.13. The van der Waals surface area contributed by atoms with E-state index < -0.39 is 0 Å². The number of nitrogens with zero attached hydrogens (tertiary/aromatic N) is 1. The fraction of sp³-hybridized carbons (Fsp3) is 0.571. The van der Waals surface area contributed by atoms with Gasteiger partial charge in [0.1, 0.15) is 0 Å². The first-order chi connectivity index (χ1) is 7.50. The van der Waals surface area contributed by atoms with Crippen molar-refractivity contribution >= 4 is 0 Å². The van der Waals surface area contributed by atoms with Crippen molar-refractivity contribution in [3.8, 4) is 0 Å². The van der Waals surface area contributed by atoms with Crippen molar-refractivity contribution in [2.24, 2.45) is 0 Å². The molecule has 0 spiro atoms. The van der Waals surface area contributed by atoms with Gasteiger partial charge in [-0.1, -0.05) is 29.8 Å². The van der Waals surface area contributed by atoms with E-state index >= 15 is 0 Å². The van der Waals surface area contributed by atoms with Gasteiger partial charge in [-0.25, -0.2) is 0 Å². The highest BCUT2D eigenvalue weighted by Gasteiger charge is 2.08. The lowest BCUT2D eigenvalue weighted by Crippen LogP contribution is -2.36. The second-order valence-electron chi connectivity index (χ2n) is 4.86. The summed E-state index contributed by atoms with van der Waals surface area (Å²) in [6.45, 7) is 7.61. The fourth-order valence-electron chi connectivity index (χ4n) is 1.59. The molecule has 2 atom stereocenters. The molecular weight excluding hydrogens is 196 g/mol. The molecule has 1 aromatic rings. The molecule has 0 saturated carbocycles. The zero-order valence-electron chi connectivity index (χ0n) is 11.1. The van der Waals surface area contributed by atoms with E-state index in [-0.39, 0.29) is 0 Å². The van der Waals surface area contributed by atoms with E-state index in [1.54, 1.807) is 0 Å². The maximum atomic E-state index is 3.57. The van der Waals surface area contributed by atoms with Gasteiger partial charge in [-0.3, -0.25) is 0 Å². The summed E-state index contributed by atoms with van der Waals surface area (Å²) in [5, 5.41) is 3.57. The minimum atomic E-state index is 0.419. The van der Waals surface area contributed by atoms with Gasteiger partial charge in [0.25, 0.3) is 0 Å². The van der Waals surface area contributed by atoms with Crippen LogP contribution < -0.4 is 5.32 Å². The molecule has 16 heavy (non-hydrogen) atoms. The van der Waals surface area contributed by atoms with Crippen molar-refractivity contribution in [1.82, 2.24) is 10.2 Å². The lowest BCUT2D eigenvalue weighted by molar-refractivity contribution is 0.295. The van der Waals surface area contributed by atoms with Gasteiger partial charge < -0.3 is 10.2 Å². The third-order valence-corrected chi connectivity index (χ3v) is 3.14. The molecule has 1 rings (SSSR count). The Labute approximate surface area is 99.7 Å². The predicted molar refractivity (Wildman–Crippen MR) is 70.7 cm³/mol. The van der Waals surface area contributed by atoms with Gasteiger partial charge in [-0.05, 0) is 40.4 Å². The Balaban J connectivity index is 2.49. The molecule has 0 aromatic heterocycles. The molecule has 0 saturated heterocycles. The average Bonchev–Trinajstić information content (AvgIpc) is 2.25. The number of benzene rings is 1.